The molecule has 0 spiro atoms. The van der Waals surface area contributed by atoms with E-state index in [2.05, 4.69) is 33.4 Å². The highest BCUT2D eigenvalue weighted by Gasteiger charge is 2.33. The largest absolute Gasteiger partial charge is 0.333 e. The lowest BCUT2D eigenvalue weighted by molar-refractivity contribution is 0.0728. The van der Waals surface area contributed by atoms with Gasteiger partial charge in [-0.15, -0.1) is 5.10 Å². The molecule has 148 valence electrons. The van der Waals surface area contributed by atoms with Crippen molar-refractivity contribution in [2.75, 3.05) is 13.1 Å². The minimum Gasteiger partial charge on any atom is -0.333 e. The van der Waals surface area contributed by atoms with E-state index in [9.17, 15) is 4.79 Å². The maximum Gasteiger partial charge on any atom is 0.276 e. The van der Waals surface area contributed by atoms with Gasteiger partial charge in [-0.1, -0.05) is 42.3 Å². The number of likely N-dealkylation sites (tertiary alicyclic amines) is 1. The molecule has 6 heteroatoms. The van der Waals surface area contributed by atoms with E-state index in [1.54, 1.807) is 0 Å². The second kappa shape index (κ2) is 7.66. The van der Waals surface area contributed by atoms with Crippen molar-refractivity contribution in [3.63, 3.8) is 0 Å². The van der Waals surface area contributed by atoms with Crippen molar-refractivity contribution in [1.29, 1.82) is 0 Å². The summed E-state index contributed by atoms with van der Waals surface area (Å²) in [5, 5.41) is 8.51. The van der Waals surface area contributed by atoms with Crippen LogP contribution in [0.5, 0.6) is 0 Å². The Hall–Kier alpha value is -2.21. The fraction of sp³-hybridized carbons (Fsp3) is 0.591. The standard InChI is InChI=1S/C22H29N5O/c28-22(25-13-11-17-6-1-2-7-18(17)14-25)21-16-26(24-23-21)15-20-10-5-12-27(20)19-8-3-4-9-19/h1-2,6-7,16,19-20H,3-5,8-15H2/t20-/m0/s1. The lowest BCUT2D eigenvalue weighted by atomic mass is 10.00. The number of amides is 1. The van der Waals surface area contributed by atoms with Gasteiger partial charge in [0.05, 0.1) is 12.7 Å². The molecule has 1 aliphatic carbocycles. The summed E-state index contributed by atoms with van der Waals surface area (Å²) in [7, 11) is 0. The smallest absolute Gasteiger partial charge is 0.276 e. The molecule has 1 aromatic heterocycles. The van der Waals surface area contributed by atoms with Crippen LogP contribution in [0.25, 0.3) is 0 Å². The molecule has 2 aliphatic heterocycles. The van der Waals surface area contributed by atoms with Crippen LogP contribution in [0.15, 0.2) is 30.5 Å². The van der Waals surface area contributed by atoms with Crippen molar-refractivity contribution >= 4 is 5.91 Å². The number of aromatic nitrogens is 3. The first-order valence-electron chi connectivity index (χ1n) is 10.8. The van der Waals surface area contributed by atoms with Gasteiger partial charge in [0, 0.05) is 25.2 Å². The highest BCUT2D eigenvalue weighted by Crippen LogP contribution is 2.30. The minimum absolute atomic E-state index is 0.000163. The fourth-order valence-electron chi connectivity index (χ4n) is 5.30. The number of hydrogen-bond acceptors (Lipinski definition) is 4. The Morgan fingerprint density at radius 2 is 1.86 bits per heavy atom. The van der Waals surface area contributed by atoms with E-state index in [4.69, 9.17) is 0 Å². The summed E-state index contributed by atoms with van der Waals surface area (Å²) in [6.07, 6.45) is 10.7. The second-order valence-electron chi connectivity index (χ2n) is 8.54. The summed E-state index contributed by atoms with van der Waals surface area (Å²) in [6.45, 7) is 3.48. The third kappa shape index (κ3) is 3.46. The van der Waals surface area contributed by atoms with Gasteiger partial charge >= 0.3 is 0 Å². The molecule has 1 aromatic carbocycles. The van der Waals surface area contributed by atoms with Gasteiger partial charge in [-0.3, -0.25) is 14.4 Å². The molecule has 5 rings (SSSR count). The Morgan fingerprint density at radius 1 is 1.04 bits per heavy atom. The van der Waals surface area contributed by atoms with Gasteiger partial charge in [-0.25, -0.2) is 0 Å². The van der Waals surface area contributed by atoms with Gasteiger partial charge < -0.3 is 4.90 Å². The first kappa shape index (κ1) is 17.9. The van der Waals surface area contributed by atoms with E-state index in [0.29, 0.717) is 18.3 Å². The highest BCUT2D eigenvalue weighted by atomic mass is 16.2. The molecule has 0 unspecified atom stereocenters. The van der Waals surface area contributed by atoms with Crippen LogP contribution >= 0.6 is 0 Å². The molecule has 0 N–H and O–H groups in total. The third-order valence-electron chi connectivity index (χ3n) is 6.79. The lowest BCUT2D eigenvalue weighted by Gasteiger charge is -2.30. The summed E-state index contributed by atoms with van der Waals surface area (Å²) in [4.78, 5) is 17.5. The number of nitrogens with zero attached hydrogens (tertiary/aromatic N) is 5. The van der Waals surface area contributed by atoms with Crippen LogP contribution in [0.4, 0.5) is 0 Å². The first-order chi connectivity index (χ1) is 13.8. The predicted octanol–water partition coefficient (Wildman–Crippen LogP) is 2.88. The Bertz CT molecular complexity index is 841. The number of fused-ring (bicyclic) bond motifs is 1. The average Bonchev–Trinajstić information content (AvgIpc) is 3.49. The average molecular weight is 380 g/mol. The zero-order chi connectivity index (χ0) is 18.9. The van der Waals surface area contributed by atoms with Crippen LogP contribution in [0, 0.1) is 0 Å². The molecule has 2 aromatic rings. The van der Waals surface area contributed by atoms with Crippen molar-refractivity contribution in [1.82, 2.24) is 24.8 Å². The van der Waals surface area contributed by atoms with Crippen LogP contribution in [-0.2, 0) is 19.5 Å². The van der Waals surface area contributed by atoms with E-state index in [1.165, 1.54) is 56.2 Å². The van der Waals surface area contributed by atoms with Crippen molar-refractivity contribution in [3.8, 4) is 0 Å². The maximum absolute atomic E-state index is 12.9. The molecule has 2 fully saturated rings. The number of hydrogen-bond donors (Lipinski definition) is 0. The molecule has 0 radical (unpaired) electrons. The monoisotopic (exact) mass is 379 g/mol. The number of benzene rings is 1. The maximum atomic E-state index is 12.9. The second-order valence-corrected chi connectivity index (χ2v) is 8.54. The van der Waals surface area contributed by atoms with Gasteiger partial charge in [0.25, 0.3) is 5.91 Å². The van der Waals surface area contributed by atoms with E-state index in [1.807, 2.05) is 21.8 Å². The zero-order valence-corrected chi connectivity index (χ0v) is 16.5. The number of carbonyl (C=O) groups is 1. The summed E-state index contributed by atoms with van der Waals surface area (Å²) >= 11 is 0. The quantitative estimate of drug-likeness (QED) is 0.820. The Labute approximate surface area is 166 Å². The summed E-state index contributed by atoms with van der Waals surface area (Å²) in [5.41, 5.74) is 3.07. The molecular formula is C22H29N5O. The van der Waals surface area contributed by atoms with Crippen LogP contribution in [0.2, 0.25) is 0 Å². The van der Waals surface area contributed by atoms with Crippen LogP contribution in [0.1, 0.15) is 60.1 Å². The highest BCUT2D eigenvalue weighted by molar-refractivity contribution is 5.92. The zero-order valence-electron chi connectivity index (χ0n) is 16.5. The SMILES string of the molecule is O=C(c1cn(C[C@@H]2CCCN2C2CCCC2)nn1)N1CCc2ccccc2C1. The van der Waals surface area contributed by atoms with E-state index in [0.717, 1.165) is 25.6 Å². The van der Waals surface area contributed by atoms with Crippen molar-refractivity contribution < 1.29 is 4.79 Å². The first-order valence-corrected chi connectivity index (χ1v) is 10.8. The Balaban J connectivity index is 1.24. The van der Waals surface area contributed by atoms with Crippen LogP contribution in [-0.4, -0.2) is 55.9 Å². The Kier molecular flexibility index (Phi) is 4.89. The summed E-state index contributed by atoms with van der Waals surface area (Å²) in [6, 6.07) is 9.68. The van der Waals surface area contributed by atoms with Gasteiger partial charge in [-0.2, -0.15) is 0 Å². The molecule has 1 saturated carbocycles. The van der Waals surface area contributed by atoms with Gasteiger partial charge in [0.15, 0.2) is 5.69 Å². The molecule has 3 aliphatic rings. The minimum atomic E-state index is -0.000163. The topological polar surface area (TPSA) is 54.3 Å². The lowest BCUT2D eigenvalue weighted by Crippen LogP contribution is -2.39. The van der Waals surface area contributed by atoms with E-state index in [-0.39, 0.29) is 5.91 Å². The number of rotatable bonds is 4. The molecule has 1 atom stereocenters. The predicted molar refractivity (Wildman–Crippen MR) is 107 cm³/mol. The van der Waals surface area contributed by atoms with Gasteiger partial charge in [-0.05, 0) is 49.8 Å². The summed E-state index contributed by atoms with van der Waals surface area (Å²) in [5.74, 6) is -0.000163. The van der Waals surface area contributed by atoms with Crippen LogP contribution in [0.3, 0.4) is 0 Å². The van der Waals surface area contributed by atoms with Gasteiger partial charge in [0.1, 0.15) is 0 Å². The number of carbonyl (C=O) groups excluding carboxylic acids is 1. The molecule has 6 nitrogen and oxygen atoms in total. The molecular weight excluding hydrogens is 350 g/mol. The molecule has 28 heavy (non-hydrogen) atoms. The molecule has 1 saturated heterocycles. The molecule has 0 bridgehead atoms. The van der Waals surface area contributed by atoms with E-state index < -0.39 is 0 Å². The normalized spacial score (nSPS) is 23.3. The Morgan fingerprint density at radius 3 is 2.71 bits per heavy atom. The fourth-order valence-corrected chi connectivity index (χ4v) is 5.30. The summed E-state index contributed by atoms with van der Waals surface area (Å²) < 4.78 is 1.89. The van der Waals surface area contributed by atoms with Crippen molar-refractivity contribution in [2.24, 2.45) is 0 Å². The molecule has 1 amide bonds. The van der Waals surface area contributed by atoms with E-state index >= 15 is 0 Å². The van der Waals surface area contributed by atoms with Crippen molar-refractivity contribution in [2.45, 2.75) is 70.1 Å². The van der Waals surface area contributed by atoms with Crippen LogP contribution < -0.4 is 0 Å². The van der Waals surface area contributed by atoms with Crippen molar-refractivity contribution in [3.05, 3.63) is 47.3 Å². The van der Waals surface area contributed by atoms with Gasteiger partial charge in [0.2, 0.25) is 0 Å². The third-order valence-corrected chi connectivity index (χ3v) is 6.79. The molecule has 3 heterocycles.